The molecular weight excluding hydrogens is 398 g/mol. The highest BCUT2D eigenvalue weighted by atomic mass is 16.7. The minimum Gasteiger partial charge on any atom is -0.306 e. The van der Waals surface area contributed by atoms with E-state index in [9.17, 15) is 4.79 Å². The van der Waals surface area contributed by atoms with Gasteiger partial charge in [0.05, 0.1) is 11.4 Å². The molecule has 1 aliphatic carbocycles. The lowest BCUT2D eigenvalue weighted by molar-refractivity contribution is 0.123. The molecule has 1 fully saturated rings. The number of allylic oxidation sites excluding steroid dienone is 10. The predicted octanol–water partition coefficient (Wildman–Crippen LogP) is 6.71. The van der Waals surface area contributed by atoms with Crippen molar-refractivity contribution in [1.29, 1.82) is 0 Å². The number of hydrogen-bond donors (Lipinski definition) is 1. The number of fused-ring (bicyclic) bond motifs is 2. The molecule has 5 heteroatoms. The smallest absolute Gasteiger partial charge is 0.306 e. The number of oxime groups is 1. The lowest BCUT2D eigenvalue weighted by Crippen LogP contribution is -2.58. The van der Waals surface area contributed by atoms with E-state index in [1.165, 1.54) is 0 Å². The van der Waals surface area contributed by atoms with Crippen molar-refractivity contribution in [1.82, 2.24) is 10.2 Å². The van der Waals surface area contributed by atoms with E-state index in [1.54, 1.807) is 4.90 Å². The van der Waals surface area contributed by atoms with Gasteiger partial charge in [0.25, 0.3) is 0 Å². The van der Waals surface area contributed by atoms with Gasteiger partial charge in [0.15, 0.2) is 0 Å². The number of nitrogens with one attached hydrogen (secondary N) is 1. The summed E-state index contributed by atoms with van der Waals surface area (Å²) in [6.45, 7) is 14.6. The number of nitrogens with zero attached hydrogens (tertiary/aromatic N) is 2. The van der Waals surface area contributed by atoms with Crippen LogP contribution in [0.5, 0.6) is 0 Å². The van der Waals surface area contributed by atoms with Gasteiger partial charge in [-0.25, -0.2) is 9.69 Å². The highest BCUT2D eigenvalue weighted by molar-refractivity contribution is 5.88. The van der Waals surface area contributed by atoms with Gasteiger partial charge in [-0.3, -0.25) is 4.84 Å². The fraction of sp³-hybridized carbons (Fsp3) is 0.407. The Morgan fingerprint density at radius 2 is 1.81 bits per heavy atom. The van der Waals surface area contributed by atoms with Crippen molar-refractivity contribution < 1.29 is 9.63 Å². The maximum Gasteiger partial charge on any atom is 0.444 e. The van der Waals surface area contributed by atoms with Crippen LogP contribution in [0.3, 0.4) is 0 Å². The molecule has 5 nitrogen and oxygen atoms in total. The fourth-order valence-corrected chi connectivity index (χ4v) is 4.41. The molecule has 1 amide bonds. The second-order valence-electron chi connectivity index (χ2n) is 9.49. The van der Waals surface area contributed by atoms with E-state index in [1.807, 2.05) is 61.6 Å². The van der Waals surface area contributed by atoms with Crippen LogP contribution in [-0.4, -0.2) is 27.8 Å². The van der Waals surface area contributed by atoms with E-state index in [-0.39, 0.29) is 18.5 Å². The summed E-state index contributed by atoms with van der Waals surface area (Å²) < 4.78 is 0. The molecule has 0 unspecified atom stereocenters. The molecule has 0 atom stereocenters. The molecule has 0 aromatic rings. The fourth-order valence-electron chi connectivity index (χ4n) is 4.41. The highest BCUT2D eigenvalue weighted by Crippen LogP contribution is 2.31. The molecule has 1 N–H and O–H groups in total. The van der Waals surface area contributed by atoms with Crippen LogP contribution in [0.15, 0.2) is 89.0 Å². The molecule has 1 saturated heterocycles. The van der Waals surface area contributed by atoms with Crippen LogP contribution in [0, 0.1) is 0 Å². The Hall–Kier alpha value is -2.92. The first kappa shape index (κ1) is 25.3. The third-order valence-electron chi connectivity index (χ3n) is 5.30. The van der Waals surface area contributed by atoms with Gasteiger partial charge in [0, 0.05) is 36.0 Å². The Kier molecular flexibility index (Phi) is 8.02. The van der Waals surface area contributed by atoms with Crippen molar-refractivity contribution in [3.05, 3.63) is 83.8 Å². The molecule has 3 aliphatic rings. The van der Waals surface area contributed by atoms with Crippen LogP contribution in [0.2, 0.25) is 0 Å². The summed E-state index contributed by atoms with van der Waals surface area (Å²) in [5.74, 6) is 0. The van der Waals surface area contributed by atoms with Gasteiger partial charge in [-0.05, 0) is 57.9 Å². The zero-order valence-corrected chi connectivity index (χ0v) is 19.2. The Morgan fingerprint density at radius 3 is 2.47 bits per heavy atom. The largest absolute Gasteiger partial charge is 0.444 e. The monoisotopic (exact) mass is 435 g/mol. The normalized spacial score (nSPS) is 24.0. The number of amides is 1. The Morgan fingerprint density at radius 1 is 1.16 bits per heavy atom. The Balaban J connectivity index is 0.00000363. The number of piperidine rings is 1. The third-order valence-corrected chi connectivity index (χ3v) is 5.30. The van der Waals surface area contributed by atoms with Gasteiger partial charge in [-0.1, -0.05) is 61.7 Å². The molecule has 0 aromatic carbocycles. The van der Waals surface area contributed by atoms with Crippen molar-refractivity contribution in [2.45, 2.75) is 72.4 Å². The minimum absolute atomic E-state index is 0. The topological polar surface area (TPSA) is 53.9 Å². The van der Waals surface area contributed by atoms with Crippen molar-refractivity contribution in [3.8, 4) is 0 Å². The summed E-state index contributed by atoms with van der Waals surface area (Å²) in [6.07, 6.45) is 19.1. The zero-order valence-electron chi connectivity index (χ0n) is 19.2. The summed E-state index contributed by atoms with van der Waals surface area (Å²) in [6, 6.07) is 0. The predicted molar refractivity (Wildman–Crippen MR) is 134 cm³/mol. The Labute approximate surface area is 193 Å². The van der Waals surface area contributed by atoms with Crippen LogP contribution in [0.1, 0.15) is 61.3 Å². The summed E-state index contributed by atoms with van der Waals surface area (Å²) in [5, 5.41) is 7.91. The van der Waals surface area contributed by atoms with Gasteiger partial charge in [-0.15, -0.1) is 0 Å². The van der Waals surface area contributed by atoms with Crippen molar-refractivity contribution in [3.63, 3.8) is 0 Å². The standard InChI is InChI=1S/C26H33N3O2.CH4/c1-7-8-13-23-19(2)14-15-20-11-9-10-12-22(16-20)29(23)24(30)31-27-21-17-25(3,4)28-26(5,6)18-21;/h7-15,28H,2,16-18H2,1,3-6H3;1H4/b8-7-,15-14-,23-13+;. The first-order valence-corrected chi connectivity index (χ1v) is 10.7. The SMILES string of the molecule is C.C=C1/C=C\C2=CC=CC=C(C2)N(C(=O)ON=C2CC(C)(C)NC(C)(C)C2)/C1=C/C=C\C. The molecule has 0 spiro atoms. The van der Waals surface area contributed by atoms with E-state index in [0.29, 0.717) is 12.1 Å². The number of rotatable bonds is 2. The maximum absolute atomic E-state index is 13.3. The maximum atomic E-state index is 13.3. The van der Waals surface area contributed by atoms with E-state index >= 15 is 0 Å². The van der Waals surface area contributed by atoms with Gasteiger partial charge in [0.2, 0.25) is 0 Å². The molecule has 2 bridgehead atoms. The average molecular weight is 436 g/mol. The molecule has 2 heterocycles. The summed E-state index contributed by atoms with van der Waals surface area (Å²) in [7, 11) is 0. The first-order valence-electron chi connectivity index (χ1n) is 10.7. The molecule has 0 radical (unpaired) electrons. The van der Waals surface area contributed by atoms with Crippen LogP contribution in [0.25, 0.3) is 0 Å². The van der Waals surface area contributed by atoms with E-state index < -0.39 is 6.09 Å². The van der Waals surface area contributed by atoms with Gasteiger partial charge in [0.1, 0.15) is 0 Å². The van der Waals surface area contributed by atoms with E-state index in [4.69, 9.17) is 4.84 Å². The lowest BCUT2D eigenvalue weighted by Gasteiger charge is -2.42. The van der Waals surface area contributed by atoms with Gasteiger partial charge < -0.3 is 5.32 Å². The second kappa shape index (κ2) is 10.1. The number of carbonyl (C=O) groups excluding carboxylic acids is 1. The van der Waals surface area contributed by atoms with Crippen LogP contribution >= 0.6 is 0 Å². The van der Waals surface area contributed by atoms with Crippen molar-refractivity contribution in [2.24, 2.45) is 5.16 Å². The molecule has 3 rings (SSSR count). The average Bonchev–Trinajstić information content (AvgIpc) is 2.90. The quantitative estimate of drug-likeness (QED) is 0.387. The molecule has 0 aromatic heterocycles. The summed E-state index contributed by atoms with van der Waals surface area (Å²) in [5.41, 5.74) is 3.96. The molecule has 2 aliphatic heterocycles. The third kappa shape index (κ3) is 6.30. The zero-order chi connectivity index (χ0) is 22.6. The van der Waals surface area contributed by atoms with Crippen LogP contribution in [-0.2, 0) is 4.84 Å². The first-order chi connectivity index (χ1) is 14.6. The Bertz CT molecular complexity index is 951. The van der Waals surface area contributed by atoms with Gasteiger partial charge in [-0.2, -0.15) is 0 Å². The lowest BCUT2D eigenvalue weighted by atomic mass is 9.81. The van der Waals surface area contributed by atoms with Crippen LogP contribution in [0.4, 0.5) is 4.79 Å². The molecule has 32 heavy (non-hydrogen) atoms. The van der Waals surface area contributed by atoms with Crippen molar-refractivity contribution in [2.75, 3.05) is 0 Å². The number of carbonyl (C=O) groups is 1. The van der Waals surface area contributed by atoms with E-state index in [2.05, 4.69) is 44.7 Å². The summed E-state index contributed by atoms with van der Waals surface area (Å²) in [4.78, 5) is 20.4. The van der Waals surface area contributed by atoms with Crippen molar-refractivity contribution >= 4 is 11.8 Å². The molecular formula is C27H37N3O2. The second-order valence-corrected chi connectivity index (χ2v) is 9.49. The number of hydrogen-bond acceptors (Lipinski definition) is 4. The summed E-state index contributed by atoms with van der Waals surface area (Å²) >= 11 is 0. The van der Waals surface area contributed by atoms with Gasteiger partial charge >= 0.3 is 6.09 Å². The highest BCUT2D eigenvalue weighted by Gasteiger charge is 2.36. The van der Waals surface area contributed by atoms with Crippen LogP contribution < -0.4 is 5.32 Å². The minimum atomic E-state index is -0.533. The molecule has 0 saturated carbocycles. The molecule has 172 valence electrons. The van der Waals surface area contributed by atoms with E-state index in [0.717, 1.165) is 35.4 Å².